The molecule has 0 aromatic carbocycles. The first-order valence-electron chi connectivity index (χ1n) is 6.42. The van der Waals surface area contributed by atoms with Gasteiger partial charge in [0.2, 0.25) is 0 Å². The summed E-state index contributed by atoms with van der Waals surface area (Å²) >= 11 is 1.98. The molecule has 4 nitrogen and oxygen atoms in total. The van der Waals surface area contributed by atoms with Gasteiger partial charge in [0.15, 0.2) is 5.82 Å². The van der Waals surface area contributed by atoms with Crippen LogP contribution in [0.1, 0.15) is 33.6 Å². The lowest BCUT2D eigenvalue weighted by atomic mass is 10.1. The molecule has 5 heteroatoms. The summed E-state index contributed by atoms with van der Waals surface area (Å²) in [6, 6.07) is 0. The number of nitrogens with one attached hydrogen (secondary N) is 1. The Bertz CT molecular complexity index is 458. The summed E-state index contributed by atoms with van der Waals surface area (Å²) in [5, 5.41) is 3.82. The molecule has 0 amide bonds. The fraction of sp³-hybridized carbons (Fsp3) is 0.692. The molecule has 0 spiro atoms. The molecule has 1 atom stereocenters. The van der Waals surface area contributed by atoms with Crippen molar-refractivity contribution in [1.82, 2.24) is 9.55 Å². The highest BCUT2D eigenvalue weighted by molar-refractivity contribution is 8.00. The lowest BCUT2D eigenvalue weighted by Gasteiger charge is -2.22. The normalized spacial score (nSPS) is 20.1. The van der Waals surface area contributed by atoms with Gasteiger partial charge < -0.3 is 9.88 Å². The van der Waals surface area contributed by atoms with E-state index in [9.17, 15) is 4.79 Å². The maximum atomic E-state index is 12.3. The molecule has 18 heavy (non-hydrogen) atoms. The minimum atomic E-state index is -0.210. The summed E-state index contributed by atoms with van der Waals surface area (Å²) in [6.07, 6.45) is 5.96. The van der Waals surface area contributed by atoms with Gasteiger partial charge in [-0.25, -0.2) is 4.98 Å². The number of anilines is 1. The van der Waals surface area contributed by atoms with E-state index in [0.717, 1.165) is 6.54 Å². The van der Waals surface area contributed by atoms with Crippen molar-refractivity contribution >= 4 is 17.6 Å². The molecule has 1 aromatic rings. The van der Waals surface area contributed by atoms with Gasteiger partial charge in [0, 0.05) is 29.7 Å². The highest BCUT2D eigenvalue weighted by Gasteiger charge is 2.18. The monoisotopic (exact) mass is 267 g/mol. The zero-order valence-electron chi connectivity index (χ0n) is 11.3. The van der Waals surface area contributed by atoms with Crippen LogP contribution in [0.2, 0.25) is 0 Å². The highest BCUT2D eigenvalue weighted by Crippen LogP contribution is 2.25. The van der Waals surface area contributed by atoms with E-state index in [2.05, 4.69) is 10.3 Å². The third-order valence-electron chi connectivity index (χ3n) is 3.08. The molecular formula is C13H21N3OS. The van der Waals surface area contributed by atoms with Gasteiger partial charge in [-0.2, -0.15) is 11.8 Å². The van der Waals surface area contributed by atoms with E-state index >= 15 is 0 Å². The van der Waals surface area contributed by atoms with E-state index < -0.39 is 0 Å². The largest absolute Gasteiger partial charge is 0.364 e. The van der Waals surface area contributed by atoms with Gasteiger partial charge >= 0.3 is 0 Å². The van der Waals surface area contributed by atoms with Crippen LogP contribution in [-0.2, 0) is 5.54 Å². The number of hydrogen-bond acceptors (Lipinski definition) is 4. The predicted molar refractivity (Wildman–Crippen MR) is 77.5 cm³/mol. The van der Waals surface area contributed by atoms with Crippen molar-refractivity contribution in [1.29, 1.82) is 0 Å². The molecule has 0 bridgehead atoms. The summed E-state index contributed by atoms with van der Waals surface area (Å²) < 4.78 is 1.73. The van der Waals surface area contributed by atoms with Gasteiger partial charge in [-0.1, -0.05) is 0 Å². The fourth-order valence-electron chi connectivity index (χ4n) is 2.08. The third kappa shape index (κ3) is 3.07. The minimum absolute atomic E-state index is 0.0343. The standard InChI is InChI=1S/C13H21N3OS/c1-13(2,3)16-7-6-14-11(12(16)17)15-9-10-5-4-8-18-10/h6-7,10H,4-5,8-9H2,1-3H3,(H,14,15). The number of thioether (sulfide) groups is 1. The average molecular weight is 267 g/mol. The van der Waals surface area contributed by atoms with Gasteiger partial charge in [-0.15, -0.1) is 0 Å². The summed E-state index contributed by atoms with van der Waals surface area (Å²) in [5.74, 6) is 1.71. The Morgan fingerprint density at radius 1 is 1.56 bits per heavy atom. The lowest BCUT2D eigenvalue weighted by molar-refractivity contribution is 0.383. The molecule has 1 saturated heterocycles. The molecule has 0 saturated carbocycles. The van der Waals surface area contributed by atoms with Crippen molar-refractivity contribution in [3.05, 3.63) is 22.7 Å². The second-order valence-corrected chi connectivity index (χ2v) is 7.05. The van der Waals surface area contributed by atoms with Crippen LogP contribution in [-0.4, -0.2) is 27.1 Å². The van der Waals surface area contributed by atoms with Gasteiger partial charge in [-0.05, 0) is 39.4 Å². The molecule has 1 fully saturated rings. The number of aromatic nitrogens is 2. The smallest absolute Gasteiger partial charge is 0.293 e. The van der Waals surface area contributed by atoms with Crippen molar-refractivity contribution < 1.29 is 0 Å². The van der Waals surface area contributed by atoms with E-state index in [1.807, 2.05) is 32.5 Å². The average Bonchev–Trinajstić information content (AvgIpc) is 2.79. The Kier molecular flexibility index (Phi) is 4.00. The van der Waals surface area contributed by atoms with Crippen LogP contribution < -0.4 is 10.9 Å². The van der Waals surface area contributed by atoms with E-state index in [1.54, 1.807) is 17.0 Å². The van der Waals surface area contributed by atoms with Gasteiger partial charge in [0.25, 0.3) is 5.56 Å². The maximum Gasteiger partial charge on any atom is 0.293 e. The van der Waals surface area contributed by atoms with Gasteiger partial charge in [0.1, 0.15) is 0 Å². The molecule has 2 rings (SSSR count). The molecule has 1 aliphatic heterocycles. The molecule has 2 heterocycles. The van der Waals surface area contributed by atoms with Crippen molar-refractivity contribution in [2.45, 2.75) is 44.4 Å². The van der Waals surface area contributed by atoms with Gasteiger partial charge in [-0.3, -0.25) is 4.79 Å². The first-order valence-corrected chi connectivity index (χ1v) is 7.47. The van der Waals surface area contributed by atoms with Crippen molar-refractivity contribution in [2.75, 3.05) is 17.6 Å². The summed E-state index contributed by atoms with van der Waals surface area (Å²) in [5.41, 5.74) is -0.244. The second kappa shape index (κ2) is 5.34. The lowest BCUT2D eigenvalue weighted by Crippen LogP contribution is -2.35. The first kappa shape index (κ1) is 13.5. The van der Waals surface area contributed by atoms with Crippen LogP contribution in [0, 0.1) is 0 Å². The van der Waals surface area contributed by atoms with Crippen LogP contribution >= 0.6 is 11.8 Å². The van der Waals surface area contributed by atoms with Crippen LogP contribution in [0.15, 0.2) is 17.2 Å². The molecule has 1 unspecified atom stereocenters. The zero-order chi connectivity index (χ0) is 13.2. The van der Waals surface area contributed by atoms with Crippen molar-refractivity contribution in [3.8, 4) is 0 Å². The predicted octanol–water partition coefficient (Wildman–Crippen LogP) is 2.31. The number of hydrogen-bond donors (Lipinski definition) is 1. The molecule has 0 aliphatic carbocycles. The van der Waals surface area contributed by atoms with Crippen LogP contribution in [0.25, 0.3) is 0 Å². The maximum absolute atomic E-state index is 12.3. The molecular weight excluding hydrogens is 246 g/mol. The van der Waals surface area contributed by atoms with E-state index in [4.69, 9.17) is 0 Å². The summed E-state index contributed by atoms with van der Waals surface area (Å²) in [6.45, 7) is 6.89. The number of nitrogens with zero attached hydrogens (tertiary/aromatic N) is 2. The first-order chi connectivity index (χ1) is 8.48. The van der Waals surface area contributed by atoms with Gasteiger partial charge in [0.05, 0.1) is 0 Å². The minimum Gasteiger partial charge on any atom is -0.364 e. The Morgan fingerprint density at radius 2 is 2.33 bits per heavy atom. The Balaban J connectivity index is 2.11. The number of rotatable bonds is 3. The fourth-order valence-corrected chi connectivity index (χ4v) is 3.28. The molecule has 1 aromatic heterocycles. The van der Waals surface area contributed by atoms with E-state index in [1.165, 1.54) is 18.6 Å². The topological polar surface area (TPSA) is 46.9 Å². The molecule has 0 radical (unpaired) electrons. The Labute approximate surface area is 112 Å². The van der Waals surface area contributed by atoms with Crippen molar-refractivity contribution in [2.24, 2.45) is 0 Å². The summed E-state index contributed by atoms with van der Waals surface area (Å²) in [4.78, 5) is 16.4. The van der Waals surface area contributed by atoms with Crippen LogP contribution in [0.3, 0.4) is 0 Å². The highest BCUT2D eigenvalue weighted by atomic mass is 32.2. The third-order valence-corrected chi connectivity index (χ3v) is 4.48. The quantitative estimate of drug-likeness (QED) is 0.913. The molecule has 100 valence electrons. The molecule has 1 aliphatic rings. The second-order valence-electron chi connectivity index (χ2n) is 5.64. The SMILES string of the molecule is CC(C)(C)n1ccnc(NCC2CCCS2)c1=O. The van der Waals surface area contributed by atoms with E-state index in [-0.39, 0.29) is 11.1 Å². The Morgan fingerprint density at radius 3 is 2.94 bits per heavy atom. The van der Waals surface area contributed by atoms with Crippen LogP contribution in [0.4, 0.5) is 5.82 Å². The van der Waals surface area contributed by atoms with E-state index in [0.29, 0.717) is 11.1 Å². The van der Waals surface area contributed by atoms with Crippen molar-refractivity contribution in [3.63, 3.8) is 0 Å². The molecule has 1 N–H and O–H groups in total. The summed E-state index contributed by atoms with van der Waals surface area (Å²) in [7, 11) is 0. The van der Waals surface area contributed by atoms with Crippen LogP contribution in [0.5, 0.6) is 0 Å². The Hall–Kier alpha value is -0.970. The zero-order valence-corrected chi connectivity index (χ0v) is 12.1.